The number of hydrogen-bond donors (Lipinski definition) is 3. The second kappa shape index (κ2) is 6.74. The third-order valence-electron chi connectivity index (χ3n) is 3.74. The zero-order chi connectivity index (χ0) is 15.6. The molecule has 1 heterocycles. The summed E-state index contributed by atoms with van der Waals surface area (Å²) in [5, 5.41) is 18.1. The van der Waals surface area contributed by atoms with Gasteiger partial charge in [0.15, 0.2) is 0 Å². The predicted octanol–water partition coefficient (Wildman–Crippen LogP) is 1.90. The van der Waals surface area contributed by atoms with Gasteiger partial charge in [0.25, 0.3) is 0 Å². The number of sulfonamides is 1. The Morgan fingerprint density at radius 1 is 1.43 bits per heavy atom. The molecule has 118 valence electrons. The van der Waals surface area contributed by atoms with E-state index in [-0.39, 0.29) is 38.5 Å². The molecule has 0 aromatic carbocycles. The molecule has 0 spiro atoms. The fourth-order valence-corrected chi connectivity index (χ4v) is 6.05. The molecule has 21 heavy (non-hydrogen) atoms. The van der Waals surface area contributed by atoms with Crippen LogP contribution in [0.4, 0.5) is 0 Å². The second-order valence-electron chi connectivity index (χ2n) is 5.04. The molecule has 2 unspecified atom stereocenters. The van der Waals surface area contributed by atoms with E-state index in [1.165, 1.54) is 0 Å². The van der Waals surface area contributed by atoms with Gasteiger partial charge in [0.1, 0.15) is 9.77 Å². The third-order valence-corrected chi connectivity index (χ3v) is 7.41. The Morgan fingerprint density at radius 2 is 2.10 bits per heavy atom. The van der Waals surface area contributed by atoms with Gasteiger partial charge in [-0.2, -0.15) is 0 Å². The van der Waals surface area contributed by atoms with Gasteiger partial charge in [-0.25, -0.2) is 17.9 Å². The minimum Gasteiger partial charge on any atom is -0.477 e. The molecule has 1 aromatic heterocycles. The number of halogens is 1. The van der Waals surface area contributed by atoms with E-state index in [0.29, 0.717) is 0 Å². The number of aliphatic hydroxyl groups excluding tert-OH is 1. The number of carboxylic acid groups (broad SMARTS) is 1. The highest BCUT2D eigenvalue weighted by atomic mass is 79.9. The Kier molecular flexibility index (Phi) is 5.42. The van der Waals surface area contributed by atoms with Crippen molar-refractivity contribution in [1.29, 1.82) is 0 Å². The van der Waals surface area contributed by atoms with Crippen LogP contribution >= 0.6 is 27.3 Å². The largest absolute Gasteiger partial charge is 0.477 e. The Labute approximate surface area is 135 Å². The number of carbonyl (C=O) groups is 1. The maximum Gasteiger partial charge on any atom is 0.345 e. The fraction of sp³-hybridized carbons (Fsp3) is 0.583. The zero-order valence-corrected chi connectivity index (χ0v) is 14.3. The molecular formula is C12H16BrNO5S2. The van der Waals surface area contributed by atoms with Gasteiger partial charge in [0.2, 0.25) is 10.0 Å². The lowest BCUT2D eigenvalue weighted by Crippen LogP contribution is -2.31. The normalized spacial score (nSPS) is 22.6. The van der Waals surface area contributed by atoms with E-state index in [0.717, 1.165) is 36.7 Å². The molecule has 1 aliphatic rings. The van der Waals surface area contributed by atoms with Gasteiger partial charge in [0, 0.05) is 13.2 Å². The van der Waals surface area contributed by atoms with Crippen molar-refractivity contribution < 1.29 is 23.4 Å². The second-order valence-corrected chi connectivity index (χ2v) is 9.14. The van der Waals surface area contributed by atoms with Crippen molar-refractivity contribution in [2.75, 3.05) is 13.2 Å². The standard InChI is InChI=1S/C12H16BrNO5S2/c13-11-10(4-9(20-11)12(16)17)21(18,19)14-5-7-2-1-3-8(7)6-15/h4,7-8,14-15H,1-3,5-6H2,(H,16,17). The van der Waals surface area contributed by atoms with Gasteiger partial charge >= 0.3 is 5.97 Å². The number of rotatable bonds is 6. The monoisotopic (exact) mass is 397 g/mol. The first kappa shape index (κ1) is 16.9. The zero-order valence-electron chi connectivity index (χ0n) is 11.1. The molecule has 3 N–H and O–H groups in total. The average Bonchev–Trinajstić information content (AvgIpc) is 3.02. The first-order valence-electron chi connectivity index (χ1n) is 6.48. The fourth-order valence-electron chi connectivity index (χ4n) is 2.56. The van der Waals surface area contributed by atoms with Crippen LogP contribution in [0.5, 0.6) is 0 Å². The van der Waals surface area contributed by atoms with Gasteiger partial charge in [0.05, 0.1) is 3.79 Å². The molecule has 6 nitrogen and oxygen atoms in total. The van der Waals surface area contributed by atoms with Crippen LogP contribution in [0, 0.1) is 11.8 Å². The van der Waals surface area contributed by atoms with Crippen molar-refractivity contribution in [2.24, 2.45) is 11.8 Å². The van der Waals surface area contributed by atoms with E-state index in [1.54, 1.807) is 0 Å². The summed E-state index contributed by atoms with van der Waals surface area (Å²) in [6, 6.07) is 1.15. The lowest BCUT2D eigenvalue weighted by molar-refractivity contribution is 0.0702. The predicted molar refractivity (Wildman–Crippen MR) is 82.1 cm³/mol. The van der Waals surface area contributed by atoms with E-state index in [9.17, 15) is 18.3 Å². The summed E-state index contributed by atoms with van der Waals surface area (Å²) >= 11 is 3.97. The lowest BCUT2D eigenvalue weighted by Gasteiger charge is -2.17. The van der Waals surface area contributed by atoms with E-state index >= 15 is 0 Å². The molecular weight excluding hydrogens is 382 g/mol. The maximum absolute atomic E-state index is 12.3. The maximum atomic E-state index is 12.3. The van der Waals surface area contributed by atoms with Gasteiger partial charge in [-0.15, -0.1) is 11.3 Å². The lowest BCUT2D eigenvalue weighted by atomic mass is 9.97. The molecule has 2 atom stereocenters. The van der Waals surface area contributed by atoms with Crippen molar-refractivity contribution in [3.63, 3.8) is 0 Å². The summed E-state index contributed by atoms with van der Waals surface area (Å²) in [7, 11) is -3.75. The highest BCUT2D eigenvalue weighted by Crippen LogP contribution is 2.33. The number of nitrogens with one attached hydrogen (secondary N) is 1. The van der Waals surface area contributed by atoms with Gasteiger partial charge < -0.3 is 10.2 Å². The van der Waals surface area contributed by atoms with Gasteiger partial charge in [-0.05, 0) is 46.7 Å². The Morgan fingerprint density at radius 3 is 2.67 bits per heavy atom. The first-order valence-corrected chi connectivity index (χ1v) is 9.57. The number of aromatic carboxylic acids is 1. The molecule has 1 saturated carbocycles. The quantitative estimate of drug-likeness (QED) is 0.679. The molecule has 0 aliphatic heterocycles. The number of carboxylic acids is 1. The van der Waals surface area contributed by atoms with Gasteiger partial charge in [-0.3, -0.25) is 0 Å². The van der Waals surface area contributed by atoms with Crippen LogP contribution < -0.4 is 4.72 Å². The van der Waals surface area contributed by atoms with Crippen LogP contribution in [0.1, 0.15) is 28.9 Å². The highest BCUT2D eigenvalue weighted by Gasteiger charge is 2.29. The molecule has 0 amide bonds. The first-order chi connectivity index (χ1) is 9.85. The molecule has 2 rings (SSSR count). The van der Waals surface area contributed by atoms with Crippen LogP contribution in [0.2, 0.25) is 0 Å². The number of hydrogen-bond acceptors (Lipinski definition) is 5. The van der Waals surface area contributed by atoms with Crippen LogP contribution in [0.15, 0.2) is 14.7 Å². The molecule has 0 radical (unpaired) electrons. The molecule has 9 heteroatoms. The highest BCUT2D eigenvalue weighted by molar-refractivity contribution is 9.11. The molecule has 0 bridgehead atoms. The summed E-state index contributed by atoms with van der Waals surface area (Å²) in [5.41, 5.74) is 0. The number of aliphatic hydroxyl groups is 1. The minimum absolute atomic E-state index is 0.0312. The van der Waals surface area contributed by atoms with Crippen LogP contribution in [0.3, 0.4) is 0 Å². The Hall–Kier alpha value is -0.480. The smallest absolute Gasteiger partial charge is 0.345 e. The summed E-state index contributed by atoms with van der Waals surface area (Å²) in [5.74, 6) is -0.896. The van der Waals surface area contributed by atoms with Crippen molar-refractivity contribution in [3.05, 3.63) is 14.7 Å². The summed E-state index contributed by atoms with van der Waals surface area (Å²) in [6.07, 6.45) is 2.79. The van der Waals surface area contributed by atoms with Gasteiger partial charge in [-0.1, -0.05) is 6.42 Å². The summed E-state index contributed by atoms with van der Waals surface area (Å²) in [4.78, 5) is 10.8. The third kappa shape index (κ3) is 3.84. The molecule has 1 aliphatic carbocycles. The van der Waals surface area contributed by atoms with Crippen LogP contribution in [0.25, 0.3) is 0 Å². The van der Waals surface area contributed by atoms with Crippen molar-refractivity contribution in [2.45, 2.75) is 24.2 Å². The van der Waals surface area contributed by atoms with E-state index in [1.807, 2.05) is 0 Å². The van der Waals surface area contributed by atoms with Crippen LogP contribution in [-0.2, 0) is 10.0 Å². The average molecular weight is 398 g/mol. The topological polar surface area (TPSA) is 104 Å². The van der Waals surface area contributed by atoms with Crippen molar-refractivity contribution in [3.8, 4) is 0 Å². The Balaban J connectivity index is 2.10. The molecule has 0 saturated heterocycles. The molecule has 1 aromatic rings. The Bertz CT molecular complexity index is 628. The summed E-state index contributed by atoms with van der Waals surface area (Å²) < 4.78 is 27.3. The SMILES string of the molecule is O=C(O)c1cc(S(=O)(=O)NCC2CCCC2CO)c(Br)s1. The van der Waals surface area contributed by atoms with Crippen molar-refractivity contribution in [1.82, 2.24) is 4.72 Å². The molecule has 1 fully saturated rings. The van der Waals surface area contributed by atoms with E-state index < -0.39 is 16.0 Å². The van der Waals surface area contributed by atoms with Crippen molar-refractivity contribution >= 4 is 43.3 Å². The van der Waals surface area contributed by atoms with Crippen LogP contribution in [-0.4, -0.2) is 37.8 Å². The summed E-state index contributed by atoms with van der Waals surface area (Å²) in [6.45, 7) is 0.329. The number of thiophene rings is 1. The van der Waals surface area contributed by atoms with E-state index in [2.05, 4.69) is 20.7 Å². The minimum atomic E-state index is -3.75. The van der Waals surface area contributed by atoms with E-state index in [4.69, 9.17) is 5.11 Å².